The molecule has 0 aromatic carbocycles. The third-order valence-electron chi connectivity index (χ3n) is 1.09. The number of rotatable bonds is 1. The standard InChI is InChI=1S/C6H6F2N2O2/c1-6(7,8)5-9-3(11)2-4(12)10-5/h2H,1H3,(H2,9,10,11,12). The fourth-order valence-electron chi connectivity index (χ4n) is 0.618. The summed E-state index contributed by atoms with van der Waals surface area (Å²) in [7, 11) is 0. The largest absolute Gasteiger partial charge is 0.493 e. The molecule has 0 unspecified atom stereocenters. The highest BCUT2D eigenvalue weighted by Gasteiger charge is 2.29. The first-order chi connectivity index (χ1) is 5.39. The summed E-state index contributed by atoms with van der Waals surface area (Å²) in [6.45, 7) is 0.571. The Morgan fingerprint density at radius 2 is 1.67 bits per heavy atom. The van der Waals surface area contributed by atoms with Gasteiger partial charge in [-0.25, -0.2) is 0 Å². The molecule has 1 heterocycles. The third-order valence-corrected chi connectivity index (χ3v) is 1.09. The lowest BCUT2D eigenvalue weighted by Gasteiger charge is -2.07. The minimum atomic E-state index is -3.27. The lowest BCUT2D eigenvalue weighted by molar-refractivity contribution is 0.00646. The first-order valence-electron chi connectivity index (χ1n) is 3.05. The maximum absolute atomic E-state index is 12.5. The highest BCUT2D eigenvalue weighted by atomic mass is 19.3. The molecule has 0 fully saturated rings. The van der Waals surface area contributed by atoms with Crippen molar-refractivity contribution in [2.75, 3.05) is 0 Å². The van der Waals surface area contributed by atoms with Crippen molar-refractivity contribution in [1.29, 1.82) is 0 Å². The first kappa shape index (κ1) is 8.63. The summed E-state index contributed by atoms with van der Waals surface area (Å²) in [5, 5.41) is 17.4. The van der Waals surface area contributed by atoms with Crippen LogP contribution in [-0.2, 0) is 5.92 Å². The van der Waals surface area contributed by atoms with Crippen molar-refractivity contribution in [3.63, 3.8) is 0 Å². The summed E-state index contributed by atoms with van der Waals surface area (Å²) in [6.07, 6.45) is 0. The van der Waals surface area contributed by atoms with Crippen LogP contribution in [0.5, 0.6) is 11.8 Å². The van der Waals surface area contributed by atoms with Gasteiger partial charge in [0.1, 0.15) is 0 Å². The van der Waals surface area contributed by atoms with E-state index < -0.39 is 23.5 Å². The average Bonchev–Trinajstić information content (AvgIpc) is 1.82. The van der Waals surface area contributed by atoms with Crippen molar-refractivity contribution in [2.45, 2.75) is 12.8 Å². The van der Waals surface area contributed by atoms with Crippen molar-refractivity contribution in [3.8, 4) is 11.8 Å². The van der Waals surface area contributed by atoms with E-state index in [9.17, 15) is 8.78 Å². The van der Waals surface area contributed by atoms with E-state index >= 15 is 0 Å². The first-order valence-corrected chi connectivity index (χ1v) is 3.05. The zero-order chi connectivity index (χ0) is 9.35. The lowest BCUT2D eigenvalue weighted by Crippen LogP contribution is -2.11. The highest BCUT2D eigenvalue weighted by molar-refractivity contribution is 5.19. The Hall–Kier alpha value is -1.46. The second-order valence-corrected chi connectivity index (χ2v) is 2.30. The molecule has 1 aromatic rings. The van der Waals surface area contributed by atoms with Crippen LogP contribution in [0.3, 0.4) is 0 Å². The number of nitrogens with zero attached hydrogens (tertiary/aromatic N) is 2. The van der Waals surface area contributed by atoms with Gasteiger partial charge in [-0.05, 0) is 0 Å². The topological polar surface area (TPSA) is 66.2 Å². The molecule has 12 heavy (non-hydrogen) atoms. The molecule has 0 aliphatic rings. The zero-order valence-electron chi connectivity index (χ0n) is 6.12. The van der Waals surface area contributed by atoms with Gasteiger partial charge < -0.3 is 10.2 Å². The molecule has 2 N–H and O–H groups in total. The van der Waals surface area contributed by atoms with E-state index in [-0.39, 0.29) is 0 Å². The van der Waals surface area contributed by atoms with Gasteiger partial charge in [-0.2, -0.15) is 18.7 Å². The summed E-state index contributed by atoms with van der Waals surface area (Å²) in [5.41, 5.74) is 0. The molecule has 0 atom stereocenters. The predicted molar refractivity (Wildman–Crippen MR) is 34.9 cm³/mol. The Morgan fingerprint density at radius 3 is 2.00 bits per heavy atom. The molecule has 66 valence electrons. The molecule has 0 radical (unpaired) electrons. The number of hydrogen-bond donors (Lipinski definition) is 2. The number of alkyl halides is 2. The third kappa shape index (κ3) is 1.77. The van der Waals surface area contributed by atoms with Crippen LogP contribution >= 0.6 is 0 Å². The molecule has 1 aromatic heterocycles. The minimum absolute atomic E-state index is 0.571. The van der Waals surface area contributed by atoms with Gasteiger partial charge in [0.2, 0.25) is 17.6 Å². The van der Waals surface area contributed by atoms with Crippen LogP contribution in [0, 0.1) is 0 Å². The van der Waals surface area contributed by atoms with E-state index in [2.05, 4.69) is 9.97 Å². The van der Waals surface area contributed by atoms with E-state index in [1.807, 2.05) is 0 Å². The number of aromatic hydroxyl groups is 2. The molecule has 4 nitrogen and oxygen atoms in total. The van der Waals surface area contributed by atoms with Gasteiger partial charge >= 0.3 is 5.92 Å². The molecule has 0 amide bonds. The number of hydrogen-bond acceptors (Lipinski definition) is 4. The van der Waals surface area contributed by atoms with Gasteiger partial charge in [-0.1, -0.05) is 0 Å². The van der Waals surface area contributed by atoms with Crippen molar-refractivity contribution in [3.05, 3.63) is 11.9 Å². The number of halogens is 2. The van der Waals surface area contributed by atoms with Crippen LogP contribution in [0.1, 0.15) is 12.7 Å². The summed E-state index contributed by atoms with van der Waals surface area (Å²) in [5.74, 6) is -5.53. The highest BCUT2D eigenvalue weighted by Crippen LogP contribution is 2.26. The van der Waals surface area contributed by atoms with Crippen molar-refractivity contribution < 1.29 is 19.0 Å². The molecule has 0 saturated carbocycles. The molecule has 0 saturated heterocycles. The van der Waals surface area contributed by atoms with Crippen LogP contribution in [0.4, 0.5) is 8.78 Å². The molecular weight excluding hydrogens is 170 g/mol. The molecule has 0 bridgehead atoms. The lowest BCUT2D eigenvalue weighted by atomic mass is 10.3. The summed E-state index contributed by atoms with van der Waals surface area (Å²) in [6, 6.07) is 0.773. The summed E-state index contributed by atoms with van der Waals surface area (Å²) < 4.78 is 24.9. The fraction of sp³-hybridized carbons (Fsp3) is 0.333. The van der Waals surface area contributed by atoms with E-state index in [0.717, 1.165) is 6.07 Å². The van der Waals surface area contributed by atoms with Crippen molar-refractivity contribution in [2.24, 2.45) is 0 Å². The molecule has 6 heteroatoms. The van der Waals surface area contributed by atoms with Crippen LogP contribution in [0.15, 0.2) is 6.07 Å². The Balaban J connectivity index is 3.18. The van der Waals surface area contributed by atoms with Crippen LogP contribution in [0.2, 0.25) is 0 Å². The second kappa shape index (κ2) is 2.54. The molecule has 0 aliphatic heterocycles. The van der Waals surface area contributed by atoms with E-state index in [4.69, 9.17) is 10.2 Å². The van der Waals surface area contributed by atoms with Gasteiger partial charge in [0, 0.05) is 6.92 Å². The maximum Gasteiger partial charge on any atom is 0.304 e. The SMILES string of the molecule is CC(F)(F)c1nc(O)cc(O)n1. The monoisotopic (exact) mass is 176 g/mol. The van der Waals surface area contributed by atoms with Gasteiger partial charge in [0.05, 0.1) is 6.07 Å². The van der Waals surface area contributed by atoms with Crippen LogP contribution < -0.4 is 0 Å². The quantitative estimate of drug-likeness (QED) is 0.669. The molecule has 1 rings (SSSR count). The van der Waals surface area contributed by atoms with E-state index in [1.54, 1.807) is 0 Å². The minimum Gasteiger partial charge on any atom is -0.493 e. The van der Waals surface area contributed by atoms with Gasteiger partial charge in [0.15, 0.2) is 0 Å². The second-order valence-electron chi connectivity index (χ2n) is 2.30. The Labute approximate surface area is 66.5 Å². The molecule has 0 aliphatic carbocycles. The van der Waals surface area contributed by atoms with Crippen LogP contribution in [0.25, 0.3) is 0 Å². The van der Waals surface area contributed by atoms with E-state index in [0.29, 0.717) is 6.92 Å². The normalized spacial score (nSPS) is 11.6. The maximum atomic E-state index is 12.5. The van der Waals surface area contributed by atoms with Crippen molar-refractivity contribution in [1.82, 2.24) is 9.97 Å². The molecular formula is C6H6F2N2O2. The van der Waals surface area contributed by atoms with E-state index in [1.165, 1.54) is 0 Å². The van der Waals surface area contributed by atoms with Gasteiger partial charge in [0.25, 0.3) is 0 Å². The Kier molecular flexibility index (Phi) is 1.83. The fourth-order valence-corrected chi connectivity index (χ4v) is 0.618. The smallest absolute Gasteiger partial charge is 0.304 e. The van der Waals surface area contributed by atoms with Crippen molar-refractivity contribution >= 4 is 0 Å². The predicted octanol–water partition coefficient (Wildman–Crippen LogP) is 0.999. The van der Waals surface area contributed by atoms with Gasteiger partial charge in [-0.3, -0.25) is 0 Å². The number of aromatic nitrogens is 2. The van der Waals surface area contributed by atoms with Crippen LogP contribution in [-0.4, -0.2) is 20.2 Å². The summed E-state index contributed by atoms with van der Waals surface area (Å²) in [4.78, 5) is 6.08. The molecule has 0 spiro atoms. The Morgan fingerprint density at radius 1 is 1.25 bits per heavy atom. The summed E-state index contributed by atoms with van der Waals surface area (Å²) >= 11 is 0. The van der Waals surface area contributed by atoms with Gasteiger partial charge in [-0.15, -0.1) is 0 Å². The zero-order valence-corrected chi connectivity index (χ0v) is 6.12. The Bertz CT molecular complexity index is 278. The average molecular weight is 176 g/mol.